The second kappa shape index (κ2) is 6.50. The van der Waals surface area contributed by atoms with Gasteiger partial charge in [-0.05, 0) is 31.2 Å². The highest BCUT2D eigenvalue weighted by Crippen LogP contribution is 2.33. The van der Waals surface area contributed by atoms with Crippen molar-refractivity contribution in [1.29, 1.82) is 0 Å². The van der Waals surface area contributed by atoms with E-state index in [0.29, 0.717) is 11.3 Å². The first-order chi connectivity index (χ1) is 9.78. The molecule has 0 aliphatic carbocycles. The SMILES string of the molecule is CSC(C)CN1CC2CCCN2CC1c1ccccc1. The maximum absolute atomic E-state index is 2.74. The summed E-state index contributed by atoms with van der Waals surface area (Å²) in [6.45, 7) is 7.35. The fourth-order valence-electron chi connectivity index (χ4n) is 3.68. The maximum Gasteiger partial charge on any atom is 0.0476 e. The van der Waals surface area contributed by atoms with Gasteiger partial charge in [0, 0.05) is 37.0 Å². The molecule has 2 nitrogen and oxygen atoms in total. The van der Waals surface area contributed by atoms with E-state index in [1.54, 1.807) is 0 Å². The third-order valence-electron chi connectivity index (χ3n) is 4.87. The van der Waals surface area contributed by atoms with Crippen molar-refractivity contribution in [2.24, 2.45) is 0 Å². The lowest BCUT2D eigenvalue weighted by molar-refractivity contribution is 0.0516. The van der Waals surface area contributed by atoms with Crippen LogP contribution in [0.3, 0.4) is 0 Å². The lowest BCUT2D eigenvalue weighted by Crippen LogP contribution is -2.53. The largest absolute Gasteiger partial charge is 0.297 e. The third-order valence-corrected chi connectivity index (χ3v) is 5.82. The molecule has 0 saturated carbocycles. The summed E-state index contributed by atoms with van der Waals surface area (Å²) >= 11 is 1.99. The van der Waals surface area contributed by atoms with Crippen LogP contribution in [-0.4, -0.2) is 53.5 Å². The molecule has 0 N–H and O–H groups in total. The van der Waals surface area contributed by atoms with Crippen molar-refractivity contribution in [3.05, 3.63) is 35.9 Å². The molecule has 3 heteroatoms. The number of hydrogen-bond donors (Lipinski definition) is 0. The molecular weight excluding hydrogens is 264 g/mol. The second-order valence-electron chi connectivity index (χ2n) is 6.22. The van der Waals surface area contributed by atoms with Gasteiger partial charge in [-0.25, -0.2) is 0 Å². The molecule has 2 heterocycles. The van der Waals surface area contributed by atoms with Crippen molar-refractivity contribution in [3.63, 3.8) is 0 Å². The van der Waals surface area contributed by atoms with Gasteiger partial charge >= 0.3 is 0 Å². The molecule has 2 saturated heterocycles. The van der Waals surface area contributed by atoms with E-state index in [0.717, 1.165) is 6.04 Å². The Kier molecular flexibility index (Phi) is 4.69. The summed E-state index contributed by atoms with van der Waals surface area (Å²) in [6, 6.07) is 12.5. The molecule has 2 fully saturated rings. The Hall–Kier alpha value is -0.510. The van der Waals surface area contributed by atoms with Crippen LogP contribution in [0.15, 0.2) is 30.3 Å². The van der Waals surface area contributed by atoms with Crippen LogP contribution in [0, 0.1) is 0 Å². The Morgan fingerprint density at radius 1 is 1.25 bits per heavy atom. The molecule has 3 unspecified atom stereocenters. The van der Waals surface area contributed by atoms with E-state index in [2.05, 4.69) is 53.3 Å². The van der Waals surface area contributed by atoms with E-state index in [4.69, 9.17) is 0 Å². The fraction of sp³-hybridized carbons (Fsp3) is 0.647. The lowest BCUT2D eigenvalue weighted by atomic mass is 9.99. The highest BCUT2D eigenvalue weighted by Gasteiger charge is 2.37. The van der Waals surface area contributed by atoms with Gasteiger partial charge in [0.25, 0.3) is 0 Å². The van der Waals surface area contributed by atoms with Gasteiger partial charge in [-0.2, -0.15) is 11.8 Å². The Bertz CT molecular complexity index is 422. The van der Waals surface area contributed by atoms with Crippen molar-refractivity contribution in [2.75, 3.05) is 32.4 Å². The van der Waals surface area contributed by atoms with Crippen LogP contribution in [0.5, 0.6) is 0 Å². The molecule has 2 aliphatic heterocycles. The molecule has 1 aromatic rings. The first kappa shape index (κ1) is 14.4. The molecule has 3 atom stereocenters. The average Bonchev–Trinajstić information content (AvgIpc) is 2.94. The van der Waals surface area contributed by atoms with Gasteiger partial charge in [0.05, 0.1) is 0 Å². The summed E-state index contributed by atoms with van der Waals surface area (Å²) < 4.78 is 0. The summed E-state index contributed by atoms with van der Waals surface area (Å²) in [4.78, 5) is 5.46. The van der Waals surface area contributed by atoms with E-state index in [9.17, 15) is 0 Å². The van der Waals surface area contributed by atoms with Crippen molar-refractivity contribution in [3.8, 4) is 0 Å². The first-order valence-corrected chi connectivity index (χ1v) is 9.12. The smallest absolute Gasteiger partial charge is 0.0476 e. The summed E-state index contributed by atoms with van der Waals surface area (Å²) in [5, 5.41) is 0.717. The highest BCUT2D eigenvalue weighted by molar-refractivity contribution is 7.99. The topological polar surface area (TPSA) is 6.48 Å². The lowest BCUT2D eigenvalue weighted by Gasteiger charge is -2.44. The van der Waals surface area contributed by atoms with Crippen LogP contribution in [0.25, 0.3) is 0 Å². The average molecular weight is 290 g/mol. The minimum atomic E-state index is 0.583. The van der Waals surface area contributed by atoms with Crippen LogP contribution in [0.1, 0.15) is 31.4 Å². The maximum atomic E-state index is 2.74. The molecule has 2 aliphatic rings. The van der Waals surface area contributed by atoms with Crippen molar-refractivity contribution >= 4 is 11.8 Å². The van der Waals surface area contributed by atoms with Crippen molar-refractivity contribution in [2.45, 2.75) is 37.1 Å². The minimum absolute atomic E-state index is 0.583. The number of piperazine rings is 1. The molecule has 3 rings (SSSR count). The minimum Gasteiger partial charge on any atom is -0.297 e. The van der Waals surface area contributed by atoms with Gasteiger partial charge in [0.2, 0.25) is 0 Å². The molecule has 0 bridgehead atoms. The zero-order valence-electron chi connectivity index (χ0n) is 12.7. The van der Waals surface area contributed by atoms with E-state index in [-0.39, 0.29) is 0 Å². The Morgan fingerprint density at radius 3 is 2.80 bits per heavy atom. The predicted octanol–water partition coefficient (Wildman–Crippen LogP) is 3.26. The van der Waals surface area contributed by atoms with Gasteiger partial charge < -0.3 is 0 Å². The molecule has 20 heavy (non-hydrogen) atoms. The van der Waals surface area contributed by atoms with Gasteiger partial charge in [0.1, 0.15) is 0 Å². The summed E-state index contributed by atoms with van der Waals surface area (Å²) in [6.07, 6.45) is 5.01. The summed E-state index contributed by atoms with van der Waals surface area (Å²) in [7, 11) is 0. The molecule has 0 aromatic heterocycles. The normalized spacial score (nSPS) is 29.3. The van der Waals surface area contributed by atoms with Crippen LogP contribution < -0.4 is 0 Å². The van der Waals surface area contributed by atoms with Gasteiger partial charge in [0.15, 0.2) is 0 Å². The number of benzene rings is 1. The van der Waals surface area contributed by atoms with E-state index in [1.807, 2.05) is 11.8 Å². The van der Waals surface area contributed by atoms with E-state index >= 15 is 0 Å². The van der Waals surface area contributed by atoms with Crippen LogP contribution in [-0.2, 0) is 0 Å². The number of rotatable bonds is 4. The number of nitrogens with zero attached hydrogens (tertiary/aromatic N) is 2. The quantitative estimate of drug-likeness (QED) is 0.840. The zero-order valence-corrected chi connectivity index (χ0v) is 13.5. The fourth-order valence-corrected chi connectivity index (χ4v) is 4.02. The number of thioether (sulfide) groups is 1. The van der Waals surface area contributed by atoms with Crippen molar-refractivity contribution in [1.82, 2.24) is 9.80 Å². The molecular formula is C17H26N2S. The zero-order chi connectivity index (χ0) is 13.9. The van der Waals surface area contributed by atoms with Gasteiger partial charge in [-0.15, -0.1) is 0 Å². The third kappa shape index (κ3) is 3.05. The molecule has 1 aromatic carbocycles. The van der Waals surface area contributed by atoms with Crippen LogP contribution >= 0.6 is 11.8 Å². The van der Waals surface area contributed by atoms with Gasteiger partial charge in [-0.1, -0.05) is 37.3 Å². The van der Waals surface area contributed by atoms with E-state index in [1.165, 1.54) is 44.6 Å². The van der Waals surface area contributed by atoms with Crippen LogP contribution in [0.2, 0.25) is 0 Å². The monoisotopic (exact) mass is 290 g/mol. The van der Waals surface area contributed by atoms with Crippen molar-refractivity contribution < 1.29 is 0 Å². The predicted molar refractivity (Wildman–Crippen MR) is 88.3 cm³/mol. The Balaban J connectivity index is 1.79. The second-order valence-corrected chi connectivity index (χ2v) is 7.49. The molecule has 0 spiro atoms. The van der Waals surface area contributed by atoms with E-state index < -0.39 is 0 Å². The highest BCUT2D eigenvalue weighted by atomic mass is 32.2. The number of fused-ring (bicyclic) bond motifs is 1. The summed E-state index contributed by atoms with van der Waals surface area (Å²) in [5.74, 6) is 0. The Labute approximate surface area is 127 Å². The molecule has 0 amide bonds. The van der Waals surface area contributed by atoms with Gasteiger partial charge in [-0.3, -0.25) is 9.80 Å². The number of hydrogen-bond acceptors (Lipinski definition) is 3. The molecule has 110 valence electrons. The van der Waals surface area contributed by atoms with Crippen LogP contribution in [0.4, 0.5) is 0 Å². The Morgan fingerprint density at radius 2 is 2.05 bits per heavy atom. The first-order valence-electron chi connectivity index (χ1n) is 7.83. The standard InChI is InChI=1S/C17H26N2S/c1-14(20-2)11-19-12-16-9-6-10-18(16)13-17(19)15-7-4-3-5-8-15/h3-5,7-8,14,16-17H,6,9-13H2,1-2H3. The summed E-state index contributed by atoms with van der Waals surface area (Å²) in [5.41, 5.74) is 1.49. The molecule has 0 radical (unpaired) electrons.